The van der Waals surface area contributed by atoms with Crippen molar-refractivity contribution in [3.8, 4) is 11.1 Å². The Morgan fingerprint density at radius 2 is 2.09 bits per heavy atom. The summed E-state index contributed by atoms with van der Waals surface area (Å²) in [6, 6.07) is 2.34. The summed E-state index contributed by atoms with van der Waals surface area (Å²) in [5.41, 5.74) is 4.29. The van der Waals surface area contributed by atoms with Crippen LogP contribution in [-0.4, -0.2) is 68.1 Å². The van der Waals surface area contributed by atoms with E-state index in [0.29, 0.717) is 18.5 Å². The Balaban J connectivity index is 1.48. The minimum absolute atomic E-state index is 0.104. The molecule has 9 nitrogen and oxygen atoms in total. The van der Waals surface area contributed by atoms with Crippen molar-refractivity contribution in [1.82, 2.24) is 24.4 Å². The molecule has 1 saturated carbocycles. The van der Waals surface area contributed by atoms with Gasteiger partial charge in [-0.15, -0.1) is 5.10 Å². The summed E-state index contributed by atoms with van der Waals surface area (Å²) in [5, 5.41) is 22.8. The van der Waals surface area contributed by atoms with Crippen LogP contribution < -0.4 is 5.32 Å². The zero-order valence-corrected chi connectivity index (χ0v) is 19.5. The number of ether oxygens (including phenoxy) is 2. The molecular weight excluding hydrogens is 420 g/mol. The van der Waals surface area contributed by atoms with Crippen LogP contribution in [0.25, 0.3) is 16.6 Å². The number of aliphatic hydroxyl groups is 1. The van der Waals surface area contributed by atoms with Crippen LogP contribution in [0, 0.1) is 0 Å². The molecule has 5 rings (SSSR count). The highest BCUT2D eigenvalue weighted by Crippen LogP contribution is 2.37. The Morgan fingerprint density at radius 1 is 1.24 bits per heavy atom. The smallest absolute Gasteiger partial charge is 0.241 e. The summed E-state index contributed by atoms with van der Waals surface area (Å²) in [6.07, 6.45) is 11.7. The molecule has 33 heavy (non-hydrogen) atoms. The van der Waals surface area contributed by atoms with Gasteiger partial charge in [-0.25, -0.2) is 9.50 Å². The van der Waals surface area contributed by atoms with E-state index in [1.807, 2.05) is 28.5 Å². The minimum Gasteiger partial charge on any atom is -0.393 e. The van der Waals surface area contributed by atoms with E-state index < -0.39 is 0 Å². The largest absolute Gasteiger partial charge is 0.393 e. The molecule has 3 aromatic heterocycles. The summed E-state index contributed by atoms with van der Waals surface area (Å²) >= 11 is 0. The Bertz CT molecular complexity index is 1070. The number of methoxy groups -OCH3 is 1. The number of aromatic nitrogens is 5. The van der Waals surface area contributed by atoms with Crippen molar-refractivity contribution in [2.45, 2.75) is 76.2 Å². The highest BCUT2D eigenvalue weighted by Gasteiger charge is 2.26. The predicted octanol–water partition coefficient (Wildman–Crippen LogP) is 3.24. The number of nitrogens with zero attached hydrogens (tertiary/aromatic N) is 5. The standard InChI is InChI=1S/C24H34N6O3/c1-16(15-32-2)27-24-25-12-23-21(18-11-26-29(13-18)14-20-4-3-9-33-20)10-22(30(23)28-24)17-5-7-19(31)8-6-17/h10-13,16-17,19-20,31H,3-9,14-15H2,1-2H3,(H,27,28)/t16-,17?,19?,20-/m0/s1. The van der Waals surface area contributed by atoms with Crippen molar-refractivity contribution in [2.24, 2.45) is 0 Å². The van der Waals surface area contributed by atoms with Crippen LogP contribution in [0.15, 0.2) is 24.7 Å². The molecule has 2 fully saturated rings. The lowest BCUT2D eigenvalue weighted by atomic mass is 9.85. The van der Waals surface area contributed by atoms with Crippen LogP contribution in [0.4, 0.5) is 5.95 Å². The number of hydrogen-bond donors (Lipinski definition) is 2. The Morgan fingerprint density at radius 3 is 2.85 bits per heavy atom. The van der Waals surface area contributed by atoms with Gasteiger partial charge >= 0.3 is 0 Å². The maximum Gasteiger partial charge on any atom is 0.241 e. The first-order chi connectivity index (χ1) is 16.1. The average molecular weight is 455 g/mol. The monoisotopic (exact) mass is 454 g/mol. The summed E-state index contributed by atoms with van der Waals surface area (Å²) in [6.45, 7) is 4.25. The van der Waals surface area contributed by atoms with Gasteiger partial charge in [-0.1, -0.05) is 0 Å². The molecule has 1 saturated heterocycles. The molecule has 178 valence electrons. The summed E-state index contributed by atoms with van der Waals surface area (Å²) in [4.78, 5) is 4.59. The third kappa shape index (κ3) is 4.90. The van der Waals surface area contributed by atoms with Gasteiger partial charge < -0.3 is 19.9 Å². The molecule has 0 unspecified atom stereocenters. The maximum atomic E-state index is 10.0. The molecule has 0 bridgehead atoms. The normalized spacial score (nSPS) is 24.4. The van der Waals surface area contributed by atoms with E-state index in [0.717, 1.165) is 68.3 Å². The molecule has 2 aliphatic rings. The number of anilines is 1. The number of aliphatic hydroxyl groups excluding tert-OH is 1. The maximum absolute atomic E-state index is 10.0. The summed E-state index contributed by atoms with van der Waals surface area (Å²) in [5.74, 6) is 0.941. The third-order valence-corrected chi connectivity index (χ3v) is 6.81. The van der Waals surface area contributed by atoms with Gasteiger partial charge in [0.1, 0.15) is 0 Å². The number of rotatable bonds is 8. The fourth-order valence-electron chi connectivity index (χ4n) is 5.09. The second-order valence-electron chi connectivity index (χ2n) is 9.45. The van der Waals surface area contributed by atoms with E-state index in [4.69, 9.17) is 14.6 Å². The topological polar surface area (TPSA) is 98.7 Å². The number of nitrogens with one attached hydrogen (secondary N) is 1. The summed E-state index contributed by atoms with van der Waals surface area (Å²) < 4.78 is 15.0. The second kappa shape index (κ2) is 9.79. The molecule has 1 aliphatic heterocycles. The Kier molecular flexibility index (Phi) is 6.62. The van der Waals surface area contributed by atoms with E-state index in [1.54, 1.807) is 7.11 Å². The Hall–Kier alpha value is -2.49. The van der Waals surface area contributed by atoms with Gasteiger partial charge in [-0.2, -0.15) is 5.10 Å². The van der Waals surface area contributed by atoms with Gasteiger partial charge in [0.05, 0.1) is 43.3 Å². The van der Waals surface area contributed by atoms with Gasteiger partial charge in [0, 0.05) is 48.7 Å². The lowest BCUT2D eigenvalue weighted by Crippen LogP contribution is -2.23. The van der Waals surface area contributed by atoms with Crippen LogP contribution in [0.3, 0.4) is 0 Å². The quantitative estimate of drug-likeness (QED) is 0.539. The molecular formula is C24H34N6O3. The SMILES string of the molecule is COC[C@H](C)Nc1ncc2c(-c3cnn(C[C@@H]4CCCO4)c3)cc(C3CCC(O)CC3)n2n1. The van der Waals surface area contributed by atoms with Crippen LogP contribution in [0.5, 0.6) is 0 Å². The fourth-order valence-corrected chi connectivity index (χ4v) is 5.09. The molecule has 0 radical (unpaired) electrons. The predicted molar refractivity (Wildman–Crippen MR) is 125 cm³/mol. The van der Waals surface area contributed by atoms with E-state index in [1.165, 1.54) is 5.69 Å². The van der Waals surface area contributed by atoms with E-state index in [-0.39, 0.29) is 18.2 Å². The van der Waals surface area contributed by atoms with Gasteiger partial charge in [0.2, 0.25) is 5.95 Å². The van der Waals surface area contributed by atoms with E-state index in [9.17, 15) is 5.11 Å². The van der Waals surface area contributed by atoms with Crippen molar-refractivity contribution in [1.29, 1.82) is 0 Å². The van der Waals surface area contributed by atoms with Crippen LogP contribution >= 0.6 is 0 Å². The molecule has 0 amide bonds. The highest BCUT2D eigenvalue weighted by molar-refractivity contribution is 5.81. The third-order valence-electron chi connectivity index (χ3n) is 6.81. The van der Waals surface area contributed by atoms with Crippen LogP contribution in [-0.2, 0) is 16.0 Å². The Labute approximate surface area is 194 Å². The van der Waals surface area contributed by atoms with Crippen molar-refractivity contribution in [2.75, 3.05) is 25.6 Å². The lowest BCUT2D eigenvalue weighted by Gasteiger charge is -2.25. The van der Waals surface area contributed by atoms with Crippen molar-refractivity contribution < 1.29 is 14.6 Å². The molecule has 4 heterocycles. The number of hydrogen-bond acceptors (Lipinski definition) is 7. The van der Waals surface area contributed by atoms with Crippen molar-refractivity contribution >= 4 is 11.5 Å². The minimum atomic E-state index is -0.190. The zero-order chi connectivity index (χ0) is 22.8. The van der Waals surface area contributed by atoms with E-state index >= 15 is 0 Å². The second-order valence-corrected chi connectivity index (χ2v) is 9.45. The van der Waals surface area contributed by atoms with Crippen molar-refractivity contribution in [3.63, 3.8) is 0 Å². The van der Waals surface area contributed by atoms with Gasteiger partial charge in [0.15, 0.2) is 0 Å². The fraction of sp³-hybridized carbons (Fsp3) is 0.625. The molecule has 1 aliphatic carbocycles. The molecule has 2 N–H and O–H groups in total. The van der Waals surface area contributed by atoms with Crippen LogP contribution in [0.2, 0.25) is 0 Å². The molecule has 2 atom stereocenters. The zero-order valence-electron chi connectivity index (χ0n) is 19.5. The lowest BCUT2D eigenvalue weighted by molar-refractivity contribution is 0.0940. The molecule has 0 spiro atoms. The van der Waals surface area contributed by atoms with Gasteiger partial charge in [-0.3, -0.25) is 4.68 Å². The molecule has 9 heteroatoms. The van der Waals surface area contributed by atoms with Gasteiger partial charge in [0.25, 0.3) is 0 Å². The highest BCUT2D eigenvalue weighted by atomic mass is 16.5. The van der Waals surface area contributed by atoms with Crippen molar-refractivity contribution in [3.05, 3.63) is 30.4 Å². The van der Waals surface area contributed by atoms with Gasteiger partial charge in [-0.05, 0) is 51.5 Å². The van der Waals surface area contributed by atoms with E-state index in [2.05, 4.69) is 27.7 Å². The first-order valence-electron chi connectivity index (χ1n) is 12.1. The first kappa shape index (κ1) is 22.3. The molecule has 0 aromatic carbocycles. The molecule has 3 aromatic rings. The number of fused-ring (bicyclic) bond motifs is 1. The first-order valence-corrected chi connectivity index (χ1v) is 12.1. The van der Waals surface area contributed by atoms with Crippen LogP contribution in [0.1, 0.15) is 57.1 Å². The average Bonchev–Trinajstić information content (AvgIpc) is 3.55. The summed E-state index contributed by atoms with van der Waals surface area (Å²) in [7, 11) is 1.69.